The second-order valence-electron chi connectivity index (χ2n) is 9.15. The maximum absolute atomic E-state index is 12.7. The number of piperidine rings is 1. The molecule has 0 amide bonds. The molecule has 0 aliphatic carbocycles. The number of pyridine rings is 2. The predicted molar refractivity (Wildman–Crippen MR) is 125 cm³/mol. The highest BCUT2D eigenvalue weighted by molar-refractivity contribution is 6.33. The van der Waals surface area contributed by atoms with Crippen molar-refractivity contribution in [1.82, 2.24) is 15.3 Å². The Morgan fingerprint density at radius 3 is 3.03 bits per heavy atom. The van der Waals surface area contributed by atoms with Crippen LogP contribution in [0.3, 0.4) is 0 Å². The normalized spacial score (nSPS) is 23.0. The van der Waals surface area contributed by atoms with E-state index in [0.717, 1.165) is 48.7 Å². The molecule has 2 fully saturated rings. The topological polar surface area (TPSA) is 85.4 Å². The Kier molecular flexibility index (Phi) is 7.40. The minimum atomic E-state index is -0.286. The third kappa shape index (κ3) is 6.04. The lowest BCUT2D eigenvalue weighted by Crippen LogP contribution is -2.45. The molecule has 4 heterocycles. The standard InChI is InChI=1S/C24H31ClN4O3/c1-24(2)15-31-14-18(32-24)12-28-23-7-3-6-21(29-23)19-9-17(27-13-20(19)25)10-22(30)16-5-4-8-26-11-16/h3,6-7,9,13,16,18,26H,4-5,8,10-12,14-15H2,1-2H3,(H,28,29)/t16-,18+/m1/s1. The van der Waals surface area contributed by atoms with Gasteiger partial charge in [-0.15, -0.1) is 0 Å². The molecular formula is C24H31ClN4O3. The van der Waals surface area contributed by atoms with Gasteiger partial charge in [0.2, 0.25) is 0 Å². The SMILES string of the molecule is CC1(C)COC[C@H](CNc2cccc(-c3cc(CC(=O)[C@@H]4CCCNC4)ncc3Cl)n2)O1. The fraction of sp³-hybridized carbons (Fsp3) is 0.542. The van der Waals surface area contributed by atoms with E-state index in [-0.39, 0.29) is 23.4 Å². The number of rotatable bonds is 7. The van der Waals surface area contributed by atoms with Crippen molar-refractivity contribution in [2.75, 3.05) is 38.2 Å². The van der Waals surface area contributed by atoms with E-state index in [1.54, 1.807) is 6.20 Å². The molecule has 172 valence electrons. The van der Waals surface area contributed by atoms with Gasteiger partial charge in [0, 0.05) is 42.9 Å². The minimum Gasteiger partial charge on any atom is -0.376 e. The van der Waals surface area contributed by atoms with Crippen LogP contribution in [0.2, 0.25) is 5.02 Å². The van der Waals surface area contributed by atoms with E-state index in [1.807, 2.05) is 38.1 Å². The first-order valence-corrected chi connectivity index (χ1v) is 11.6. The third-order valence-corrected chi connectivity index (χ3v) is 6.10. The number of Topliss-reactive ketones (excluding diaryl/α,β-unsaturated/α-hetero) is 1. The van der Waals surface area contributed by atoms with E-state index >= 15 is 0 Å². The van der Waals surface area contributed by atoms with Crippen molar-refractivity contribution >= 4 is 23.2 Å². The summed E-state index contributed by atoms with van der Waals surface area (Å²) in [7, 11) is 0. The highest BCUT2D eigenvalue weighted by Crippen LogP contribution is 2.28. The van der Waals surface area contributed by atoms with Gasteiger partial charge in [-0.1, -0.05) is 17.7 Å². The van der Waals surface area contributed by atoms with E-state index in [0.29, 0.717) is 31.2 Å². The molecule has 2 N–H and O–H groups in total. The predicted octanol–water partition coefficient (Wildman–Crippen LogP) is 3.51. The zero-order valence-corrected chi connectivity index (χ0v) is 19.5. The van der Waals surface area contributed by atoms with Crippen LogP contribution in [-0.4, -0.2) is 60.3 Å². The fourth-order valence-corrected chi connectivity index (χ4v) is 4.38. The fourth-order valence-electron chi connectivity index (χ4n) is 4.18. The highest BCUT2D eigenvalue weighted by atomic mass is 35.5. The van der Waals surface area contributed by atoms with Crippen molar-refractivity contribution in [1.29, 1.82) is 0 Å². The van der Waals surface area contributed by atoms with Gasteiger partial charge in [0.05, 0.1) is 35.6 Å². The lowest BCUT2D eigenvalue weighted by Gasteiger charge is -2.36. The molecule has 0 spiro atoms. The van der Waals surface area contributed by atoms with E-state index in [4.69, 9.17) is 26.1 Å². The first-order valence-electron chi connectivity index (χ1n) is 11.2. The van der Waals surface area contributed by atoms with E-state index < -0.39 is 0 Å². The molecule has 0 saturated carbocycles. The molecule has 2 saturated heterocycles. The van der Waals surface area contributed by atoms with Crippen LogP contribution in [0.15, 0.2) is 30.5 Å². The lowest BCUT2D eigenvalue weighted by molar-refractivity contribution is -0.177. The largest absolute Gasteiger partial charge is 0.376 e. The van der Waals surface area contributed by atoms with Crippen LogP contribution in [0.5, 0.6) is 0 Å². The van der Waals surface area contributed by atoms with E-state index in [2.05, 4.69) is 15.6 Å². The Hall–Kier alpha value is -2.06. The monoisotopic (exact) mass is 458 g/mol. The average molecular weight is 459 g/mol. The summed E-state index contributed by atoms with van der Waals surface area (Å²) in [5.74, 6) is 1.01. The molecule has 0 unspecified atom stereocenters. The number of halogens is 1. The number of anilines is 1. The molecule has 2 atom stereocenters. The quantitative estimate of drug-likeness (QED) is 0.656. The minimum absolute atomic E-state index is 0.0411. The van der Waals surface area contributed by atoms with Crippen LogP contribution in [0.1, 0.15) is 32.4 Å². The number of hydrogen-bond donors (Lipinski definition) is 2. The molecular weight excluding hydrogens is 428 g/mol. The van der Waals surface area contributed by atoms with E-state index in [1.165, 1.54) is 0 Å². The number of ketones is 1. The maximum Gasteiger partial charge on any atom is 0.143 e. The summed E-state index contributed by atoms with van der Waals surface area (Å²) in [5.41, 5.74) is 1.94. The van der Waals surface area contributed by atoms with Gasteiger partial charge in [0.25, 0.3) is 0 Å². The van der Waals surface area contributed by atoms with Gasteiger partial charge in [0.15, 0.2) is 0 Å². The number of nitrogens with one attached hydrogen (secondary N) is 2. The summed E-state index contributed by atoms with van der Waals surface area (Å²) in [6.45, 7) is 7.54. The van der Waals surface area contributed by atoms with Crippen LogP contribution in [0.25, 0.3) is 11.3 Å². The van der Waals surface area contributed by atoms with Crippen molar-refractivity contribution in [3.63, 3.8) is 0 Å². The van der Waals surface area contributed by atoms with Crippen LogP contribution in [0.4, 0.5) is 5.82 Å². The summed E-state index contributed by atoms with van der Waals surface area (Å²) in [4.78, 5) is 21.8. The van der Waals surface area contributed by atoms with Gasteiger partial charge < -0.3 is 20.1 Å². The molecule has 2 aromatic heterocycles. The summed E-state index contributed by atoms with van der Waals surface area (Å²) in [6, 6.07) is 7.63. The molecule has 8 heteroatoms. The Morgan fingerprint density at radius 1 is 1.38 bits per heavy atom. The van der Waals surface area contributed by atoms with Crippen molar-refractivity contribution in [2.24, 2.45) is 5.92 Å². The second-order valence-corrected chi connectivity index (χ2v) is 9.55. The van der Waals surface area contributed by atoms with E-state index in [9.17, 15) is 4.79 Å². The molecule has 0 radical (unpaired) electrons. The number of carbonyl (C=O) groups excluding carboxylic acids is 1. The van der Waals surface area contributed by atoms with Gasteiger partial charge in [0.1, 0.15) is 11.6 Å². The Bertz CT molecular complexity index is 947. The third-order valence-electron chi connectivity index (χ3n) is 5.79. The summed E-state index contributed by atoms with van der Waals surface area (Å²) in [6.07, 6.45) is 3.85. The van der Waals surface area contributed by atoms with Crippen LogP contribution >= 0.6 is 11.6 Å². The number of hydrogen-bond acceptors (Lipinski definition) is 7. The molecule has 4 rings (SSSR count). The van der Waals surface area contributed by atoms with Crippen LogP contribution in [0, 0.1) is 5.92 Å². The first kappa shape index (κ1) is 23.1. The molecule has 32 heavy (non-hydrogen) atoms. The molecule has 2 aliphatic heterocycles. The van der Waals surface area contributed by atoms with Crippen molar-refractivity contribution in [3.05, 3.63) is 41.2 Å². The highest BCUT2D eigenvalue weighted by Gasteiger charge is 2.29. The van der Waals surface area contributed by atoms with Gasteiger partial charge >= 0.3 is 0 Å². The Balaban J connectivity index is 1.43. The summed E-state index contributed by atoms with van der Waals surface area (Å²) < 4.78 is 11.7. The van der Waals surface area contributed by atoms with Gasteiger partial charge in [-0.2, -0.15) is 0 Å². The molecule has 2 aliphatic rings. The van der Waals surface area contributed by atoms with Crippen molar-refractivity contribution in [3.8, 4) is 11.3 Å². The Morgan fingerprint density at radius 2 is 2.25 bits per heavy atom. The Labute approximate surface area is 194 Å². The van der Waals surface area contributed by atoms with Crippen molar-refractivity contribution in [2.45, 2.75) is 44.8 Å². The zero-order chi connectivity index (χ0) is 22.6. The number of carbonyl (C=O) groups is 1. The molecule has 0 aromatic carbocycles. The maximum atomic E-state index is 12.7. The van der Waals surface area contributed by atoms with Gasteiger partial charge in [-0.25, -0.2) is 4.98 Å². The summed E-state index contributed by atoms with van der Waals surface area (Å²) in [5, 5.41) is 7.14. The molecule has 2 aromatic rings. The van der Waals surface area contributed by atoms with Crippen LogP contribution in [-0.2, 0) is 20.7 Å². The average Bonchev–Trinajstić information content (AvgIpc) is 2.79. The first-order chi connectivity index (χ1) is 15.4. The second kappa shape index (κ2) is 10.3. The smallest absolute Gasteiger partial charge is 0.143 e. The lowest BCUT2D eigenvalue weighted by atomic mass is 9.92. The van der Waals surface area contributed by atoms with Gasteiger partial charge in [-0.05, 0) is 51.4 Å². The number of ether oxygens (including phenoxy) is 2. The number of nitrogens with zero attached hydrogens (tertiary/aromatic N) is 2. The molecule has 0 bridgehead atoms. The van der Waals surface area contributed by atoms with Crippen LogP contribution < -0.4 is 10.6 Å². The van der Waals surface area contributed by atoms with Crippen molar-refractivity contribution < 1.29 is 14.3 Å². The van der Waals surface area contributed by atoms with Gasteiger partial charge in [-0.3, -0.25) is 9.78 Å². The zero-order valence-electron chi connectivity index (χ0n) is 18.7. The molecule has 7 nitrogen and oxygen atoms in total. The summed E-state index contributed by atoms with van der Waals surface area (Å²) >= 11 is 6.44. The number of aromatic nitrogens is 2.